The summed E-state index contributed by atoms with van der Waals surface area (Å²) in [5, 5.41) is 0. The topological polar surface area (TPSA) is 36.0 Å². The molecule has 2 saturated heterocycles. The summed E-state index contributed by atoms with van der Waals surface area (Å²) in [5.74, 6) is 1.40. The molecule has 1 amide bonds. The van der Waals surface area contributed by atoms with Crippen LogP contribution in [0.2, 0.25) is 0 Å². The second-order valence-electron chi connectivity index (χ2n) is 8.56. The Kier molecular flexibility index (Phi) is 10.7. The van der Waals surface area contributed by atoms with Gasteiger partial charge in [-0.15, -0.1) is 24.8 Å². The first-order chi connectivity index (χ1) is 15.1. The zero-order chi connectivity index (χ0) is 21.6. The number of likely N-dealkylation sites (tertiary alicyclic amines) is 1. The number of ether oxygens (including phenoxy) is 1. The van der Waals surface area contributed by atoms with E-state index in [1.54, 1.807) is 7.11 Å². The number of halogens is 3. The van der Waals surface area contributed by atoms with Crippen LogP contribution in [-0.2, 0) is 0 Å². The Morgan fingerprint density at radius 3 is 2.09 bits per heavy atom. The Balaban J connectivity index is 0.00000193. The van der Waals surface area contributed by atoms with Crippen LogP contribution in [-0.4, -0.2) is 68.6 Å². The normalized spacial score (nSPS) is 17.2. The molecular formula is C25H34Cl2FN3O2. The van der Waals surface area contributed by atoms with Crippen molar-refractivity contribution in [2.24, 2.45) is 5.92 Å². The highest BCUT2D eigenvalue weighted by atomic mass is 35.5. The van der Waals surface area contributed by atoms with Crippen molar-refractivity contribution in [3.63, 3.8) is 0 Å². The summed E-state index contributed by atoms with van der Waals surface area (Å²) >= 11 is 0. The summed E-state index contributed by atoms with van der Waals surface area (Å²) in [6, 6.07) is 14.2. The Hall–Kier alpha value is -2.02. The molecule has 0 aliphatic carbocycles. The molecule has 0 N–H and O–H groups in total. The largest absolute Gasteiger partial charge is 0.497 e. The molecule has 182 valence electrons. The molecule has 2 aliphatic heterocycles. The van der Waals surface area contributed by atoms with E-state index in [2.05, 4.69) is 9.80 Å². The average Bonchev–Trinajstić information content (AvgIpc) is 2.83. The lowest BCUT2D eigenvalue weighted by molar-refractivity contribution is 0.0680. The third-order valence-corrected chi connectivity index (χ3v) is 6.66. The minimum atomic E-state index is -0.181. The summed E-state index contributed by atoms with van der Waals surface area (Å²) in [4.78, 5) is 19.6. The van der Waals surface area contributed by atoms with Crippen LogP contribution in [0.4, 0.5) is 10.1 Å². The quantitative estimate of drug-likeness (QED) is 0.577. The van der Waals surface area contributed by atoms with Crippen LogP contribution in [0.3, 0.4) is 0 Å². The summed E-state index contributed by atoms with van der Waals surface area (Å²) in [7, 11) is 1.63. The highest BCUT2D eigenvalue weighted by Crippen LogP contribution is 2.24. The number of rotatable bonds is 6. The van der Waals surface area contributed by atoms with Crippen LogP contribution in [0.25, 0.3) is 0 Å². The molecule has 0 bridgehead atoms. The van der Waals surface area contributed by atoms with E-state index in [1.807, 2.05) is 41.3 Å². The minimum absolute atomic E-state index is 0. The van der Waals surface area contributed by atoms with E-state index >= 15 is 0 Å². The molecule has 2 fully saturated rings. The molecule has 2 aromatic rings. The van der Waals surface area contributed by atoms with E-state index in [1.165, 1.54) is 18.6 Å². The first-order valence-corrected chi connectivity index (χ1v) is 11.3. The number of hydrogen-bond donors (Lipinski definition) is 0. The maximum atomic E-state index is 13.1. The second-order valence-corrected chi connectivity index (χ2v) is 8.56. The van der Waals surface area contributed by atoms with Gasteiger partial charge in [-0.25, -0.2) is 4.39 Å². The van der Waals surface area contributed by atoms with Gasteiger partial charge in [0.15, 0.2) is 0 Å². The first kappa shape index (κ1) is 27.2. The van der Waals surface area contributed by atoms with Crippen LogP contribution >= 0.6 is 24.8 Å². The summed E-state index contributed by atoms with van der Waals surface area (Å²) < 4.78 is 18.3. The van der Waals surface area contributed by atoms with Crippen molar-refractivity contribution in [1.82, 2.24) is 9.80 Å². The smallest absolute Gasteiger partial charge is 0.253 e. The summed E-state index contributed by atoms with van der Waals surface area (Å²) in [6.07, 6.45) is 3.36. The number of methoxy groups -OCH3 is 1. The van der Waals surface area contributed by atoms with Gasteiger partial charge in [0, 0.05) is 50.5 Å². The van der Waals surface area contributed by atoms with Crippen molar-refractivity contribution in [2.75, 3.05) is 57.8 Å². The number of hydrogen-bond acceptors (Lipinski definition) is 4. The molecule has 0 unspecified atom stereocenters. The van der Waals surface area contributed by atoms with Crippen molar-refractivity contribution in [3.8, 4) is 5.75 Å². The minimum Gasteiger partial charge on any atom is -0.497 e. The molecule has 0 atom stereocenters. The van der Waals surface area contributed by atoms with Crippen LogP contribution in [0, 0.1) is 11.7 Å². The lowest BCUT2D eigenvalue weighted by Gasteiger charge is -2.37. The van der Waals surface area contributed by atoms with Crippen molar-refractivity contribution >= 4 is 36.4 Å². The van der Waals surface area contributed by atoms with E-state index in [9.17, 15) is 9.18 Å². The lowest BCUT2D eigenvalue weighted by atomic mass is 9.93. The van der Waals surface area contributed by atoms with Gasteiger partial charge in [0.1, 0.15) is 11.6 Å². The van der Waals surface area contributed by atoms with Gasteiger partial charge in [0.25, 0.3) is 5.91 Å². The number of carbonyl (C=O) groups excluding carboxylic acids is 1. The Morgan fingerprint density at radius 1 is 0.909 bits per heavy atom. The second kappa shape index (κ2) is 13.0. The van der Waals surface area contributed by atoms with Crippen LogP contribution in [0.1, 0.15) is 29.6 Å². The van der Waals surface area contributed by atoms with Crippen molar-refractivity contribution < 1.29 is 13.9 Å². The number of carbonyl (C=O) groups is 1. The lowest BCUT2D eigenvalue weighted by Crippen LogP contribution is -2.47. The fourth-order valence-electron chi connectivity index (χ4n) is 4.59. The van der Waals surface area contributed by atoms with Crippen molar-refractivity contribution in [1.29, 1.82) is 0 Å². The zero-order valence-electron chi connectivity index (χ0n) is 19.1. The molecule has 5 nitrogen and oxygen atoms in total. The fraction of sp³-hybridized carbons (Fsp3) is 0.480. The van der Waals surface area contributed by atoms with Gasteiger partial charge in [-0.05, 0) is 80.3 Å². The van der Waals surface area contributed by atoms with Gasteiger partial charge in [0.2, 0.25) is 0 Å². The molecule has 0 saturated carbocycles. The maximum absolute atomic E-state index is 13.1. The monoisotopic (exact) mass is 497 g/mol. The summed E-state index contributed by atoms with van der Waals surface area (Å²) in [5.41, 5.74) is 1.84. The molecule has 8 heteroatoms. The SMILES string of the molecule is COc1ccc(C(=O)N2CCC(CCN3CCN(c4ccc(F)cc4)CC3)CC2)cc1.Cl.Cl. The van der Waals surface area contributed by atoms with Crippen LogP contribution in [0.5, 0.6) is 5.75 Å². The highest BCUT2D eigenvalue weighted by molar-refractivity contribution is 5.94. The molecule has 0 aromatic heterocycles. The molecule has 2 heterocycles. The van der Waals surface area contributed by atoms with E-state index in [4.69, 9.17) is 4.74 Å². The Labute approximate surface area is 208 Å². The number of anilines is 1. The molecule has 0 radical (unpaired) electrons. The van der Waals surface area contributed by atoms with E-state index in [0.717, 1.165) is 75.7 Å². The standard InChI is InChI=1S/C25H32FN3O2.2ClH/c1-31-24-8-2-21(3-9-24)25(30)29-14-11-20(12-15-29)10-13-27-16-18-28(19-17-27)23-6-4-22(26)5-7-23;;/h2-9,20H,10-19H2,1H3;2*1H. The predicted molar refractivity (Wildman–Crippen MR) is 136 cm³/mol. The Bertz CT molecular complexity index is 851. The molecular weight excluding hydrogens is 464 g/mol. The average molecular weight is 498 g/mol. The van der Waals surface area contributed by atoms with Crippen molar-refractivity contribution in [3.05, 3.63) is 59.9 Å². The van der Waals surface area contributed by atoms with Gasteiger partial charge < -0.3 is 14.5 Å². The van der Waals surface area contributed by atoms with E-state index < -0.39 is 0 Å². The summed E-state index contributed by atoms with van der Waals surface area (Å²) in [6.45, 7) is 6.87. The Morgan fingerprint density at radius 2 is 1.52 bits per heavy atom. The number of amides is 1. The van der Waals surface area contributed by atoms with Gasteiger partial charge in [-0.1, -0.05) is 0 Å². The van der Waals surface area contributed by atoms with Gasteiger partial charge in [0.05, 0.1) is 7.11 Å². The maximum Gasteiger partial charge on any atom is 0.253 e. The molecule has 4 rings (SSSR count). The third-order valence-electron chi connectivity index (χ3n) is 6.66. The first-order valence-electron chi connectivity index (χ1n) is 11.3. The van der Waals surface area contributed by atoms with E-state index in [0.29, 0.717) is 5.92 Å². The van der Waals surface area contributed by atoms with Crippen LogP contribution < -0.4 is 9.64 Å². The van der Waals surface area contributed by atoms with Gasteiger partial charge in [-0.2, -0.15) is 0 Å². The number of piperazine rings is 1. The number of nitrogens with zero attached hydrogens (tertiary/aromatic N) is 3. The van der Waals surface area contributed by atoms with Gasteiger partial charge >= 0.3 is 0 Å². The number of piperidine rings is 1. The molecule has 2 aliphatic rings. The molecule has 33 heavy (non-hydrogen) atoms. The highest BCUT2D eigenvalue weighted by Gasteiger charge is 2.25. The van der Waals surface area contributed by atoms with Gasteiger partial charge in [-0.3, -0.25) is 9.69 Å². The van der Waals surface area contributed by atoms with E-state index in [-0.39, 0.29) is 36.5 Å². The molecule has 2 aromatic carbocycles. The van der Waals surface area contributed by atoms with Crippen LogP contribution in [0.15, 0.2) is 48.5 Å². The molecule has 0 spiro atoms. The number of benzene rings is 2. The fourth-order valence-corrected chi connectivity index (χ4v) is 4.59. The van der Waals surface area contributed by atoms with Crippen molar-refractivity contribution in [2.45, 2.75) is 19.3 Å². The third kappa shape index (κ3) is 7.23. The zero-order valence-corrected chi connectivity index (χ0v) is 20.8. The predicted octanol–water partition coefficient (Wildman–Crippen LogP) is 4.74.